The number of carbonyl (C=O) groups is 1. The second-order valence-electron chi connectivity index (χ2n) is 7.99. The highest BCUT2D eigenvalue weighted by atomic mass is 31.2. The summed E-state index contributed by atoms with van der Waals surface area (Å²) in [7, 11) is -3.94. The lowest BCUT2D eigenvalue weighted by atomic mass is 10.0. The third-order valence-corrected chi connectivity index (χ3v) is 6.18. The summed E-state index contributed by atoms with van der Waals surface area (Å²) in [6.45, 7) is 4.22. The molecule has 0 bridgehead atoms. The number of esters is 1. The standard InChI is InChI=1S/C23H47O6P/c1-3-5-6-7-8-9-10-11-12-13-14-15-16-17-18-20-23(24)27-21-19-22-29-30(25,26)28-4-2/h3-22H2,1-2H3,(H,25,26). The zero-order valence-electron chi connectivity index (χ0n) is 19.6. The van der Waals surface area contributed by atoms with Crippen molar-refractivity contribution in [2.24, 2.45) is 0 Å². The molecule has 6 nitrogen and oxygen atoms in total. The van der Waals surface area contributed by atoms with Crippen LogP contribution in [0.4, 0.5) is 0 Å². The Hall–Kier alpha value is -0.420. The Kier molecular flexibility index (Phi) is 21.5. The summed E-state index contributed by atoms with van der Waals surface area (Å²) in [5, 5.41) is 0. The van der Waals surface area contributed by atoms with Crippen LogP contribution in [0.3, 0.4) is 0 Å². The van der Waals surface area contributed by atoms with Gasteiger partial charge in [-0.1, -0.05) is 96.8 Å². The molecule has 0 heterocycles. The third-order valence-electron chi connectivity index (χ3n) is 5.08. The van der Waals surface area contributed by atoms with Crippen molar-refractivity contribution in [1.82, 2.24) is 0 Å². The quantitative estimate of drug-likeness (QED) is 0.0996. The van der Waals surface area contributed by atoms with Gasteiger partial charge in [0.05, 0.1) is 19.8 Å². The zero-order chi connectivity index (χ0) is 22.3. The van der Waals surface area contributed by atoms with Crippen molar-refractivity contribution in [2.75, 3.05) is 19.8 Å². The Morgan fingerprint density at radius 2 is 1.13 bits per heavy atom. The summed E-state index contributed by atoms with van der Waals surface area (Å²) in [4.78, 5) is 20.9. The van der Waals surface area contributed by atoms with Crippen LogP contribution >= 0.6 is 7.82 Å². The predicted octanol–water partition coefficient (Wildman–Crippen LogP) is 7.33. The maximum Gasteiger partial charge on any atom is 0.472 e. The number of carbonyl (C=O) groups excluding carboxylic acids is 1. The average Bonchev–Trinajstić information content (AvgIpc) is 2.70. The first-order valence-electron chi connectivity index (χ1n) is 12.3. The number of hydrogen-bond donors (Lipinski definition) is 1. The van der Waals surface area contributed by atoms with Gasteiger partial charge in [0.2, 0.25) is 0 Å². The maximum atomic E-state index is 11.6. The molecule has 0 saturated heterocycles. The molecule has 0 aliphatic heterocycles. The molecular weight excluding hydrogens is 403 g/mol. The minimum atomic E-state index is -3.94. The van der Waals surface area contributed by atoms with Crippen molar-refractivity contribution in [3.8, 4) is 0 Å². The molecule has 0 saturated carbocycles. The Labute approximate surface area is 185 Å². The van der Waals surface area contributed by atoms with Crippen LogP contribution in [0.25, 0.3) is 0 Å². The molecule has 1 unspecified atom stereocenters. The van der Waals surface area contributed by atoms with Crippen LogP contribution in [-0.4, -0.2) is 30.7 Å². The Morgan fingerprint density at radius 3 is 1.60 bits per heavy atom. The largest absolute Gasteiger partial charge is 0.472 e. The summed E-state index contributed by atoms with van der Waals surface area (Å²) < 4.78 is 25.7. The normalized spacial score (nSPS) is 13.3. The lowest BCUT2D eigenvalue weighted by molar-refractivity contribution is -0.144. The smallest absolute Gasteiger partial charge is 0.466 e. The molecule has 1 atom stereocenters. The van der Waals surface area contributed by atoms with Gasteiger partial charge in [-0.15, -0.1) is 0 Å². The van der Waals surface area contributed by atoms with Gasteiger partial charge in [-0.05, 0) is 13.3 Å². The molecule has 0 aromatic rings. The fourth-order valence-corrected chi connectivity index (χ4v) is 4.10. The van der Waals surface area contributed by atoms with Gasteiger partial charge in [0.25, 0.3) is 0 Å². The number of ether oxygens (including phenoxy) is 1. The highest BCUT2D eigenvalue weighted by Gasteiger charge is 2.19. The summed E-state index contributed by atoms with van der Waals surface area (Å²) in [6.07, 6.45) is 20.3. The molecule has 0 aromatic carbocycles. The van der Waals surface area contributed by atoms with Gasteiger partial charge < -0.3 is 9.63 Å². The molecule has 1 N–H and O–H groups in total. The van der Waals surface area contributed by atoms with E-state index in [2.05, 4.69) is 11.4 Å². The van der Waals surface area contributed by atoms with E-state index in [0.29, 0.717) is 12.8 Å². The summed E-state index contributed by atoms with van der Waals surface area (Å²) >= 11 is 0. The number of hydrogen-bond acceptors (Lipinski definition) is 5. The van der Waals surface area contributed by atoms with Gasteiger partial charge in [-0.2, -0.15) is 0 Å². The van der Waals surface area contributed by atoms with Crippen LogP contribution in [0, 0.1) is 0 Å². The molecule has 0 spiro atoms. The van der Waals surface area contributed by atoms with Crippen LogP contribution in [-0.2, 0) is 23.1 Å². The van der Waals surface area contributed by atoms with Crippen molar-refractivity contribution < 1.29 is 28.0 Å². The zero-order valence-corrected chi connectivity index (χ0v) is 20.5. The molecule has 180 valence electrons. The van der Waals surface area contributed by atoms with E-state index in [1.165, 1.54) is 83.5 Å². The van der Waals surface area contributed by atoms with Gasteiger partial charge in [0, 0.05) is 12.8 Å². The SMILES string of the molecule is CCCCCCCCCCCCCCCCCC(=O)OCCCOP(=O)(O)OCC. The monoisotopic (exact) mass is 450 g/mol. The van der Waals surface area contributed by atoms with E-state index in [1.807, 2.05) is 0 Å². The number of phosphoric acid groups is 1. The van der Waals surface area contributed by atoms with Gasteiger partial charge in [-0.25, -0.2) is 4.57 Å². The highest BCUT2D eigenvalue weighted by molar-refractivity contribution is 7.47. The van der Waals surface area contributed by atoms with Gasteiger partial charge in [0.15, 0.2) is 0 Å². The van der Waals surface area contributed by atoms with Crippen LogP contribution in [0.1, 0.15) is 123 Å². The van der Waals surface area contributed by atoms with Crippen molar-refractivity contribution in [3.05, 3.63) is 0 Å². The number of unbranched alkanes of at least 4 members (excludes halogenated alkanes) is 14. The van der Waals surface area contributed by atoms with Gasteiger partial charge >= 0.3 is 13.8 Å². The van der Waals surface area contributed by atoms with Gasteiger partial charge in [0.1, 0.15) is 0 Å². The molecule has 0 amide bonds. The topological polar surface area (TPSA) is 82.1 Å². The van der Waals surface area contributed by atoms with Crippen molar-refractivity contribution in [2.45, 2.75) is 123 Å². The van der Waals surface area contributed by atoms with E-state index >= 15 is 0 Å². The summed E-state index contributed by atoms with van der Waals surface area (Å²) in [5.74, 6) is -0.207. The molecule has 30 heavy (non-hydrogen) atoms. The highest BCUT2D eigenvalue weighted by Crippen LogP contribution is 2.42. The molecule has 0 radical (unpaired) electrons. The van der Waals surface area contributed by atoms with E-state index in [0.717, 1.165) is 12.8 Å². The van der Waals surface area contributed by atoms with Crippen molar-refractivity contribution in [1.29, 1.82) is 0 Å². The van der Waals surface area contributed by atoms with E-state index in [-0.39, 0.29) is 25.8 Å². The Bertz CT molecular complexity index is 430. The minimum Gasteiger partial charge on any atom is -0.466 e. The molecule has 0 aliphatic carbocycles. The summed E-state index contributed by atoms with van der Waals surface area (Å²) in [6, 6.07) is 0. The van der Waals surface area contributed by atoms with E-state index in [1.54, 1.807) is 6.92 Å². The number of phosphoric ester groups is 1. The van der Waals surface area contributed by atoms with E-state index in [4.69, 9.17) is 9.26 Å². The Morgan fingerprint density at radius 1 is 0.667 bits per heavy atom. The first-order chi connectivity index (χ1) is 14.5. The average molecular weight is 451 g/mol. The molecular formula is C23H47O6P. The Balaban J connectivity index is 3.25. The maximum absolute atomic E-state index is 11.6. The molecule has 0 fully saturated rings. The van der Waals surface area contributed by atoms with Crippen molar-refractivity contribution in [3.63, 3.8) is 0 Å². The lowest BCUT2D eigenvalue weighted by Gasteiger charge is -2.10. The van der Waals surface area contributed by atoms with Crippen LogP contribution in [0.2, 0.25) is 0 Å². The van der Waals surface area contributed by atoms with E-state index in [9.17, 15) is 14.3 Å². The second kappa shape index (κ2) is 21.8. The first-order valence-corrected chi connectivity index (χ1v) is 13.8. The van der Waals surface area contributed by atoms with Crippen LogP contribution in [0.5, 0.6) is 0 Å². The minimum absolute atomic E-state index is 0.0278. The second-order valence-corrected chi connectivity index (χ2v) is 9.45. The molecule has 0 rings (SSSR count). The third kappa shape index (κ3) is 22.3. The fraction of sp³-hybridized carbons (Fsp3) is 0.957. The lowest BCUT2D eigenvalue weighted by Crippen LogP contribution is -2.07. The molecule has 0 aliphatic rings. The number of rotatable bonds is 23. The summed E-state index contributed by atoms with van der Waals surface area (Å²) in [5.41, 5.74) is 0. The van der Waals surface area contributed by atoms with Crippen molar-refractivity contribution >= 4 is 13.8 Å². The molecule has 7 heteroatoms. The first kappa shape index (κ1) is 29.6. The predicted molar refractivity (Wildman–Crippen MR) is 123 cm³/mol. The molecule has 0 aromatic heterocycles. The van der Waals surface area contributed by atoms with Crippen LogP contribution < -0.4 is 0 Å². The van der Waals surface area contributed by atoms with Crippen LogP contribution in [0.15, 0.2) is 0 Å². The van der Waals surface area contributed by atoms with E-state index < -0.39 is 7.82 Å². The van der Waals surface area contributed by atoms with Gasteiger partial charge in [-0.3, -0.25) is 13.8 Å². The fourth-order valence-electron chi connectivity index (χ4n) is 3.34.